The number of rotatable bonds is 16. The van der Waals surface area contributed by atoms with Crippen LogP contribution in [0.15, 0.2) is 42.5 Å². The first-order chi connectivity index (χ1) is 16.5. The van der Waals surface area contributed by atoms with E-state index in [4.69, 9.17) is 14.9 Å². The van der Waals surface area contributed by atoms with Gasteiger partial charge in [0, 0.05) is 6.42 Å². The maximum absolute atomic E-state index is 11.8. The second kappa shape index (κ2) is 14.0. The quantitative estimate of drug-likeness (QED) is 0.167. The normalized spacial score (nSPS) is 25.1. The number of hydrogen-bond acceptors (Lipinski definition) is 5. The molecule has 6 atom stereocenters. The average Bonchev–Trinajstić information content (AvgIpc) is 3.63. The number of aryl methyl sites for hydroxylation is 1. The van der Waals surface area contributed by atoms with Crippen molar-refractivity contribution in [1.82, 2.24) is 5.32 Å². The van der Waals surface area contributed by atoms with E-state index in [-0.39, 0.29) is 31.3 Å². The maximum atomic E-state index is 11.8. The van der Waals surface area contributed by atoms with Gasteiger partial charge in [0.1, 0.15) is 6.10 Å². The van der Waals surface area contributed by atoms with Crippen LogP contribution in [0.2, 0.25) is 0 Å². The van der Waals surface area contributed by atoms with E-state index in [9.17, 15) is 9.90 Å². The average molecular weight is 474 g/mol. The first-order valence-corrected chi connectivity index (χ1v) is 13.1. The van der Waals surface area contributed by atoms with Crippen LogP contribution in [0.25, 0.3) is 0 Å². The summed E-state index contributed by atoms with van der Waals surface area (Å²) in [4.78, 5) is 11.8. The summed E-state index contributed by atoms with van der Waals surface area (Å²) in [5.41, 5.74) is 1.28. The third-order valence-electron chi connectivity index (χ3n) is 7.39. The zero-order valence-electron chi connectivity index (χ0n) is 20.5. The lowest BCUT2D eigenvalue weighted by Gasteiger charge is -2.32. The van der Waals surface area contributed by atoms with E-state index in [2.05, 4.69) is 36.5 Å². The van der Waals surface area contributed by atoms with Gasteiger partial charge in [0.05, 0.1) is 31.5 Å². The lowest BCUT2D eigenvalue weighted by atomic mass is 9.72. The van der Waals surface area contributed by atoms with E-state index < -0.39 is 6.04 Å². The molecule has 4 N–H and O–H groups in total. The third-order valence-corrected chi connectivity index (χ3v) is 7.39. The summed E-state index contributed by atoms with van der Waals surface area (Å²) in [6.45, 7) is 1.78. The van der Waals surface area contributed by atoms with Crippen molar-refractivity contribution in [3.8, 4) is 0 Å². The second-order valence-electron chi connectivity index (χ2n) is 10.2. The number of fused-ring (bicyclic) bond motifs is 1. The minimum absolute atomic E-state index is 0.111. The van der Waals surface area contributed by atoms with Crippen LogP contribution in [0, 0.1) is 17.8 Å². The highest BCUT2D eigenvalue weighted by Crippen LogP contribution is 2.46. The van der Waals surface area contributed by atoms with Gasteiger partial charge in [-0.2, -0.15) is 0 Å². The summed E-state index contributed by atoms with van der Waals surface area (Å²) in [7, 11) is 0. The Morgan fingerprint density at radius 3 is 2.53 bits per heavy atom. The first kappa shape index (κ1) is 26.9. The Balaban J connectivity index is 1.35. The first-order valence-electron chi connectivity index (χ1n) is 13.1. The molecule has 6 unspecified atom stereocenters. The van der Waals surface area contributed by atoms with Gasteiger partial charge in [-0.25, -0.2) is 0 Å². The molecular formula is C28H43NO5. The minimum atomic E-state index is -0.560. The molecule has 0 aromatic heterocycles. The molecule has 1 fully saturated rings. The van der Waals surface area contributed by atoms with E-state index in [1.807, 2.05) is 18.2 Å². The number of unbranched alkanes of at least 4 members (excludes halogenated alkanes) is 3. The van der Waals surface area contributed by atoms with Crippen molar-refractivity contribution in [2.45, 2.75) is 89.1 Å². The van der Waals surface area contributed by atoms with Crippen LogP contribution >= 0.6 is 0 Å². The standard InChI is InChI=1S/C28H43NO5/c1-20(17-24(32)15-13-21-9-5-4-6-10-21)27-22(14-16-25-28(27)34-25)11-7-2-3-8-12-26(33)29-23(18-30)19-31/h4-6,9-10,14,16,20,22-25,27-28,30-32H,2-3,7-8,11-13,15,17-19H2,1H3,(H,29,33). The van der Waals surface area contributed by atoms with Crippen molar-refractivity contribution >= 4 is 5.91 Å². The summed E-state index contributed by atoms with van der Waals surface area (Å²) in [5, 5.41) is 31.4. The van der Waals surface area contributed by atoms with Gasteiger partial charge < -0.3 is 25.4 Å². The smallest absolute Gasteiger partial charge is 0.220 e. The Labute approximate surface area is 204 Å². The van der Waals surface area contributed by atoms with Gasteiger partial charge in [0.2, 0.25) is 5.91 Å². The molecule has 1 amide bonds. The minimum Gasteiger partial charge on any atom is -0.394 e. The molecule has 6 nitrogen and oxygen atoms in total. The zero-order chi connectivity index (χ0) is 24.3. The highest BCUT2D eigenvalue weighted by atomic mass is 16.6. The fourth-order valence-corrected chi connectivity index (χ4v) is 5.41. The van der Waals surface area contributed by atoms with Crippen LogP contribution in [0.5, 0.6) is 0 Å². The van der Waals surface area contributed by atoms with Crippen LogP contribution in [0.1, 0.15) is 63.9 Å². The molecule has 1 aliphatic heterocycles. The van der Waals surface area contributed by atoms with Gasteiger partial charge >= 0.3 is 0 Å². The van der Waals surface area contributed by atoms with Crippen LogP contribution in [-0.4, -0.2) is 58.8 Å². The lowest BCUT2D eigenvalue weighted by molar-refractivity contribution is -0.122. The molecule has 6 heteroatoms. The van der Waals surface area contributed by atoms with Crippen LogP contribution < -0.4 is 5.32 Å². The van der Waals surface area contributed by atoms with Gasteiger partial charge in [-0.05, 0) is 55.4 Å². The molecule has 1 aliphatic carbocycles. The molecule has 0 bridgehead atoms. The monoisotopic (exact) mass is 473 g/mol. The molecule has 0 radical (unpaired) electrons. The van der Waals surface area contributed by atoms with E-state index in [0.29, 0.717) is 30.3 Å². The van der Waals surface area contributed by atoms with Crippen LogP contribution in [0.3, 0.4) is 0 Å². The number of allylic oxidation sites excluding steroid dienone is 1. The molecule has 2 aliphatic rings. The van der Waals surface area contributed by atoms with Crippen molar-refractivity contribution in [2.75, 3.05) is 13.2 Å². The number of aliphatic hydroxyl groups excluding tert-OH is 3. The van der Waals surface area contributed by atoms with Gasteiger partial charge in [-0.15, -0.1) is 0 Å². The molecule has 0 saturated carbocycles. The summed E-state index contributed by atoms with van der Waals surface area (Å²) in [5.74, 6) is 1.24. The predicted octanol–water partition coefficient (Wildman–Crippen LogP) is 3.39. The molecule has 1 aromatic carbocycles. The third kappa shape index (κ3) is 8.49. The lowest BCUT2D eigenvalue weighted by Crippen LogP contribution is -2.39. The molecule has 1 heterocycles. The topological polar surface area (TPSA) is 102 Å². The number of epoxide rings is 1. The largest absolute Gasteiger partial charge is 0.394 e. The number of hydrogen-bond donors (Lipinski definition) is 4. The van der Waals surface area contributed by atoms with E-state index in [1.165, 1.54) is 5.56 Å². The Morgan fingerprint density at radius 1 is 1.06 bits per heavy atom. The molecule has 0 spiro atoms. The molecule has 1 saturated heterocycles. The van der Waals surface area contributed by atoms with Crippen molar-refractivity contribution in [1.29, 1.82) is 0 Å². The Hall–Kier alpha value is -1.73. The molecular weight excluding hydrogens is 430 g/mol. The van der Waals surface area contributed by atoms with E-state index in [0.717, 1.165) is 51.4 Å². The molecule has 190 valence electrons. The summed E-state index contributed by atoms with van der Waals surface area (Å²) in [6, 6.07) is 9.80. The van der Waals surface area contributed by atoms with Gasteiger partial charge in [-0.3, -0.25) is 4.79 Å². The molecule has 1 aromatic rings. The summed E-state index contributed by atoms with van der Waals surface area (Å²) in [6.07, 6.45) is 12.9. The number of carbonyl (C=O) groups is 1. The number of nitrogens with one attached hydrogen (secondary N) is 1. The molecule has 34 heavy (non-hydrogen) atoms. The predicted molar refractivity (Wildman–Crippen MR) is 133 cm³/mol. The fraction of sp³-hybridized carbons (Fsp3) is 0.679. The van der Waals surface area contributed by atoms with E-state index in [1.54, 1.807) is 0 Å². The van der Waals surface area contributed by atoms with Crippen LogP contribution in [0.4, 0.5) is 0 Å². The number of amides is 1. The van der Waals surface area contributed by atoms with Crippen molar-refractivity contribution < 1.29 is 24.9 Å². The van der Waals surface area contributed by atoms with Crippen LogP contribution in [-0.2, 0) is 16.0 Å². The van der Waals surface area contributed by atoms with Crippen molar-refractivity contribution in [3.05, 3.63) is 48.0 Å². The highest BCUT2D eigenvalue weighted by Gasteiger charge is 2.50. The highest BCUT2D eigenvalue weighted by molar-refractivity contribution is 5.76. The second-order valence-corrected chi connectivity index (χ2v) is 10.2. The van der Waals surface area contributed by atoms with E-state index >= 15 is 0 Å². The van der Waals surface area contributed by atoms with Crippen molar-refractivity contribution in [3.63, 3.8) is 0 Å². The van der Waals surface area contributed by atoms with Gasteiger partial charge in [-0.1, -0.05) is 68.7 Å². The zero-order valence-corrected chi connectivity index (χ0v) is 20.5. The Kier molecular flexibility index (Phi) is 11.0. The van der Waals surface area contributed by atoms with Gasteiger partial charge in [0.15, 0.2) is 0 Å². The number of aliphatic hydroxyl groups is 3. The number of carbonyl (C=O) groups excluding carboxylic acids is 1. The molecule has 3 rings (SSSR count). The maximum Gasteiger partial charge on any atom is 0.220 e. The van der Waals surface area contributed by atoms with Crippen molar-refractivity contribution in [2.24, 2.45) is 17.8 Å². The Morgan fingerprint density at radius 2 is 1.79 bits per heavy atom. The summed E-state index contributed by atoms with van der Waals surface area (Å²) < 4.78 is 5.93. The van der Waals surface area contributed by atoms with Gasteiger partial charge in [0.25, 0.3) is 0 Å². The Bertz CT molecular complexity index is 750. The number of benzene rings is 1. The fourth-order valence-electron chi connectivity index (χ4n) is 5.41. The summed E-state index contributed by atoms with van der Waals surface area (Å²) >= 11 is 0. The SMILES string of the molecule is CC(CC(O)CCc1ccccc1)C1C(CCCCCCC(=O)NC(CO)CO)C=CC2OC21. The number of ether oxygens (including phenoxy) is 1.